The van der Waals surface area contributed by atoms with Gasteiger partial charge in [-0.1, -0.05) is 0 Å². The maximum absolute atomic E-state index is 13.3. The van der Waals surface area contributed by atoms with Gasteiger partial charge in [0.1, 0.15) is 5.82 Å². The molecule has 0 saturated carbocycles. The highest BCUT2D eigenvalue weighted by atomic mass is 32.2. The zero-order valence-electron chi connectivity index (χ0n) is 11.0. The van der Waals surface area contributed by atoms with Crippen LogP contribution >= 0.6 is 11.3 Å². The number of thiazole rings is 1. The molecule has 2 aromatic rings. The number of nitrogens with zero attached hydrogens (tertiary/aromatic N) is 2. The third-order valence-corrected chi connectivity index (χ3v) is 5.06. The second-order valence-corrected chi connectivity index (χ2v) is 7.05. The van der Waals surface area contributed by atoms with Crippen molar-refractivity contribution < 1.29 is 17.7 Å². The molecule has 0 saturated heterocycles. The number of nitrogens with one attached hydrogen (secondary N) is 1. The van der Waals surface area contributed by atoms with E-state index < -0.39 is 31.3 Å². The van der Waals surface area contributed by atoms with E-state index >= 15 is 0 Å². The molecule has 0 atom stereocenters. The molecular formula is C11H10FN3O4S2. The third kappa shape index (κ3) is 3.34. The van der Waals surface area contributed by atoms with Crippen molar-refractivity contribution in [3.05, 3.63) is 44.7 Å². The van der Waals surface area contributed by atoms with Gasteiger partial charge in [-0.15, -0.1) is 11.3 Å². The Morgan fingerprint density at radius 1 is 1.33 bits per heavy atom. The molecule has 2 rings (SSSR count). The Balaban J connectivity index is 2.42. The number of aryl methyl sites for hydroxylation is 2. The van der Waals surface area contributed by atoms with Crippen LogP contribution in [0.1, 0.15) is 10.6 Å². The molecule has 0 aliphatic rings. The minimum atomic E-state index is -4.14. The Labute approximate surface area is 123 Å². The van der Waals surface area contributed by atoms with Gasteiger partial charge < -0.3 is 0 Å². The van der Waals surface area contributed by atoms with Gasteiger partial charge in [-0.3, -0.25) is 14.8 Å². The van der Waals surface area contributed by atoms with E-state index in [-0.39, 0.29) is 5.13 Å². The number of nitro groups is 1. The molecule has 1 aromatic carbocycles. The summed E-state index contributed by atoms with van der Waals surface area (Å²) in [6.07, 6.45) is 0. The first-order chi connectivity index (χ1) is 9.69. The molecule has 0 aliphatic carbocycles. The summed E-state index contributed by atoms with van der Waals surface area (Å²) in [7, 11) is -4.14. The second kappa shape index (κ2) is 5.37. The molecule has 1 N–H and O–H groups in total. The van der Waals surface area contributed by atoms with Crippen LogP contribution in [0.4, 0.5) is 15.2 Å². The molecule has 0 spiro atoms. The summed E-state index contributed by atoms with van der Waals surface area (Å²) in [5, 5.41) is 10.8. The zero-order valence-corrected chi connectivity index (χ0v) is 12.6. The third-order valence-electron chi connectivity index (χ3n) is 2.63. The number of hydrogen-bond acceptors (Lipinski definition) is 6. The largest absolute Gasteiger partial charge is 0.273 e. The van der Waals surface area contributed by atoms with Crippen LogP contribution in [0.3, 0.4) is 0 Å². The van der Waals surface area contributed by atoms with Gasteiger partial charge >= 0.3 is 0 Å². The first-order valence-corrected chi connectivity index (χ1v) is 7.91. The first-order valence-electron chi connectivity index (χ1n) is 5.61. The van der Waals surface area contributed by atoms with E-state index in [2.05, 4.69) is 9.71 Å². The summed E-state index contributed by atoms with van der Waals surface area (Å²) >= 11 is 1.12. The Hall–Kier alpha value is -2.07. The van der Waals surface area contributed by atoms with Crippen LogP contribution < -0.4 is 4.72 Å². The van der Waals surface area contributed by atoms with Crippen molar-refractivity contribution in [2.45, 2.75) is 18.7 Å². The monoisotopic (exact) mass is 331 g/mol. The second-order valence-electron chi connectivity index (χ2n) is 4.17. The predicted octanol–water partition coefficient (Wildman–Crippen LogP) is 2.61. The quantitative estimate of drug-likeness (QED) is 0.685. The summed E-state index contributed by atoms with van der Waals surface area (Å²) in [5.74, 6) is -1.00. The van der Waals surface area contributed by atoms with Crippen molar-refractivity contribution in [1.82, 2.24) is 4.98 Å². The van der Waals surface area contributed by atoms with E-state index in [1.165, 1.54) is 0 Å². The molecule has 7 nitrogen and oxygen atoms in total. The molecule has 1 heterocycles. The average molecular weight is 331 g/mol. The number of anilines is 1. The fourth-order valence-corrected chi connectivity index (χ4v) is 3.60. The highest BCUT2D eigenvalue weighted by Gasteiger charge is 2.21. The lowest BCUT2D eigenvalue weighted by molar-refractivity contribution is -0.385. The van der Waals surface area contributed by atoms with E-state index in [9.17, 15) is 22.9 Å². The smallest absolute Gasteiger partial charge is 0.258 e. The lowest BCUT2D eigenvalue weighted by Gasteiger charge is -2.05. The molecule has 0 radical (unpaired) electrons. The van der Waals surface area contributed by atoms with Crippen LogP contribution in [0.5, 0.6) is 0 Å². The SMILES string of the molecule is Cc1nc(NS(=O)(=O)c2cc(F)cc([N+](=O)[O-])c2)sc1C. The standard InChI is InChI=1S/C11H10FN3O4S2/c1-6-7(2)20-11(13-6)14-21(18,19)10-4-8(12)3-9(5-10)15(16)17/h3-5H,1-2H3,(H,13,14). The van der Waals surface area contributed by atoms with Gasteiger partial charge in [0.15, 0.2) is 5.13 Å². The Bertz CT molecular complexity index is 797. The van der Waals surface area contributed by atoms with Crippen LogP contribution in [0.2, 0.25) is 0 Å². The van der Waals surface area contributed by atoms with Gasteiger partial charge in [0.2, 0.25) is 0 Å². The summed E-state index contributed by atoms with van der Waals surface area (Å²) < 4.78 is 39.7. The fraction of sp³-hybridized carbons (Fsp3) is 0.182. The molecule has 0 bridgehead atoms. The van der Waals surface area contributed by atoms with Crippen molar-refractivity contribution in [2.24, 2.45) is 0 Å². The minimum Gasteiger partial charge on any atom is -0.258 e. The Morgan fingerprint density at radius 2 is 2.00 bits per heavy atom. The van der Waals surface area contributed by atoms with Gasteiger partial charge in [-0.05, 0) is 19.9 Å². The molecule has 0 amide bonds. The Kier molecular flexibility index (Phi) is 3.92. The highest BCUT2D eigenvalue weighted by molar-refractivity contribution is 7.93. The van der Waals surface area contributed by atoms with Crippen molar-refractivity contribution in [3.63, 3.8) is 0 Å². The van der Waals surface area contributed by atoms with Gasteiger partial charge in [0.05, 0.1) is 21.6 Å². The number of aromatic nitrogens is 1. The molecule has 21 heavy (non-hydrogen) atoms. The highest BCUT2D eigenvalue weighted by Crippen LogP contribution is 2.26. The zero-order chi connectivity index (χ0) is 15.8. The lowest BCUT2D eigenvalue weighted by Crippen LogP contribution is -2.13. The number of rotatable bonds is 4. The van der Waals surface area contributed by atoms with Crippen molar-refractivity contribution in [1.29, 1.82) is 0 Å². The number of non-ortho nitro benzene ring substituents is 1. The lowest BCUT2D eigenvalue weighted by atomic mass is 10.3. The minimum absolute atomic E-state index is 0.122. The number of hydrogen-bond donors (Lipinski definition) is 1. The van der Waals surface area contributed by atoms with Crippen LogP contribution in [0, 0.1) is 29.8 Å². The van der Waals surface area contributed by atoms with Gasteiger partial charge in [0, 0.05) is 10.9 Å². The predicted molar refractivity (Wildman–Crippen MR) is 75.5 cm³/mol. The summed E-state index contributed by atoms with van der Waals surface area (Å²) in [5.41, 5.74) is 0.0322. The van der Waals surface area contributed by atoms with Crippen molar-refractivity contribution in [2.75, 3.05) is 4.72 Å². The van der Waals surface area contributed by atoms with Gasteiger partial charge in [0.25, 0.3) is 15.7 Å². The maximum Gasteiger partial charge on any atom is 0.273 e. The molecule has 0 fully saturated rings. The summed E-state index contributed by atoms with van der Waals surface area (Å²) in [4.78, 5) is 14.1. The first kappa shape index (κ1) is 15.3. The number of nitro benzene ring substituents is 1. The molecule has 1 aromatic heterocycles. The number of halogens is 1. The van der Waals surface area contributed by atoms with E-state index in [1.54, 1.807) is 13.8 Å². The molecule has 0 aliphatic heterocycles. The molecule has 112 valence electrons. The van der Waals surface area contributed by atoms with E-state index in [4.69, 9.17) is 0 Å². The van der Waals surface area contributed by atoms with E-state index in [1.807, 2.05) is 0 Å². The van der Waals surface area contributed by atoms with Gasteiger partial charge in [-0.25, -0.2) is 17.8 Å². The van der Waals surface area contributed by atoms with E-state index in [0.717, 1.165) is 22.3 Å². The molecule has 10 heteroatoms. The van der Waals surface area contributed by atoms with Crippen LogP contribution in [0.15, 0.2) is 23.1 Å². The van der Waals surface area contributed by atoms with Crippen molar-refractivity contribution in [3.8, 4) is 0 Å². The normalized spacial score (nSPS) is 11.4. The number of sulfonamides is 1. The molecular weight excluding hydrogens is 321 g/mol. The number of benzene rings is 1. The summed E-state index contributed by atoms with van der Waals surface area (Å²) in [6.45, 7) is 3.49. The van der Waals surface area contributed by atoms with E-state index in [0.29, 0.717) is 17.8 Å². The Morgan fingerprint density at radius 3 is 2.52 bits per heavy atom. The average Bonchev–Trinajstić information content (AvgIpc) is 2.66. The van der Waals surface area contributed by atoms with Gasteiger partial charge in [-0.2, -0.15) is 0 Å². The van der Waals surface area contributed by atoms with Crippen LogP contribution in [0.25, 0.3) is 0 Å². The topological polar surface area (TPSA) is 102 Å². The van der Waals surface area contributed by atoms with Crippen molar-refractivity contribution >= 4 is 32.2 Å². The van der Waals surface area contributed by atoms with Crippen LogP contribution in [-0.2, 0) is 10.0 Å². The fourth-order valence-electron chi connectivity index (χ4n) is 1.50. The molecule has 0 unspecified atom stereocenters. The van der Waals surface area contributed by atoms with Crippen LogP contribution in [-0.4, -0.2) is 18.3 Å². The maximum atomic E-state index is 13.3. The summed E-state index contributed by atoms with van der Waals surface area (Å²) in [6, 6.07) is 2.15.